The van der Waals surface area contributed by atoms with Crippen LogP contribution in [0.4, 0.5) is 5.95 Å². The summed E-state index contributed by atoms with van der Waals surface area (Å²) in [6, 6.07) is 0. The lowest BCUT2D eigenvalue weighted by molar-refractivity contribution is 0.627. The molecule has 0 bridgehead atoms. The molecule has 1 aliphatic rings. The number of nitrogens with zero attached hydrogens (tertiary/aromatic N) is 3. The maximum atomic E-state index is 5.71. The van der Waals surface area contributed by atoms with Crippen molar-refractivity contribution in [1.29, 1.82) is 0 Å². The minimum atomic E-state index is 0.0221. The van der Waals surface area contributed by atoms with Crippen LogP contribution in [-0.2, 0) is 0 Å². The van der Waals surface area contributed by atoms with Crippen LogP contribution in [0.1, 0.15) is 13.8 Å². The van der Waals surface area contributed by atoms with Gasteiger partial charge >= 0.3 is 0 Å². The molecule has 0 aromatic carbocycles. The molecule has 0 aliphatic heterocycles. The minimum absolute atomic E-state index is 0.0221. The Balaban J connectivity index is 2.20. The van der Waals surface area contributed by atoms with Gasteiger partial charge in [0.05, 0.1) is 0 Å². The average Bonchev–Trinajstić information content (AvgIpc) is 2.39. The van der Waals surface area contributed by atoms with E-state index in [-0.39, 0.29) is 16.0 Å². The molecule has 1 N–H and O–H groups in total. The van der Waals surface area contributed by atoms with Crippen LogP contribution in [0.25, 0.3) is 0 Å². The van der Waals surface area contributed by atoms with Crippen molar-refractivity contribution in [1.82, 2.24) is 15.0 Å². The number of allylic oxidation sites excluding steroid dienone is 5. The van der Waals surface area contributed by atoms with E-state index in [1.165, 1.54) is 0 Å². The van der Waals surface area contributed by atoms with Gasteiger partial charge in [-0.1, -0.05) is 32.1 Å². The van der Waals surface area contributed by atoms with Crippen LogP contribution in [0.5, 0.6) is 0 Å². The second kappa shape index (κ2) is 5.08. The SMILES string of the molecule is CC1(C)C=CC=C(Nc2nc(Cl)nc(Cl)n2)C=C1. The molecule has 1 aromatic rings. The summed E-state index contributed by atoms with van der Waals surface area (Å²) in [5.74, 6) is 0.323. The van der Waals surface area contributed by atoms with E-state index in [4.69, 9.17) is 23.2 Å². The van der Waals surface area contributed by atoms with E-state index in [0.29, 0.717) is 5.95 Å². The fourth-order valence-corrected chi connectivity index (χ4v) is 1.77. The van der Waals surface area contributed by atoms with Crippen LogP contribution in [-0.4, -0.2) is 15.0 Å². The van der Waals surface area contributed by atoms with Crippen molar-refractivity contribution in [2.45, 2.75) is 13.8 Å². The summed E-state index contributed by atoms with van der Waals surface area (Å²) in [7, 11) is 0. The van der Waals surface area contributed by atoms with Gasteiger partial charge in [-0.3, -0.25) is 0 Å². The Bertz CT molecular complexity index is 527. The largest absolute Gasteiger partial charge is 0.324 e. The number of rotatable bonds is 2. The summed E-state index contributed by atoms with van der Waals surface area (Å²) in [6.45, 7) is 4.24. The van der Waals surface area contributed by atoms with E-state index >= 15 is 0 Å². The molecule has 6 heteroatoms. The normalized spacial score (nSPS) is 17.2. The highest BCUT2D eigenvalue weighted by Gasteiger charge is 2.11. The second-order valence-electron chi connectivity index (χ2n) is 4.46. The number of nitrogens with one attached hydrogen (secondary N) is 1. The van der Waals surface area contributed by atoms with Crippen LogP contribution in [0.15, 0.2) is 36.1 Å². The molecule has 94 valence electrons. The minimum Gasteiger partial charge on any atom is -0.324 e. The van der Waals surface area contributed by atoms with E-state index in [1.54, 1.807) is 0 Å². The van der Waals surface area contributed by atoms with Crippen LogP contribution >= 0.6 is 23.2 Å². The van der Waals surface area contributed by atoms with Crippen LogP contribution in [0.3, 0.4) is 0 Å². The Morgan fingerprint density at radius 1 is 1.06 bits per heavy atom. The monoisotopic (exact) mass is 282 g/mol. The van der Waals surface area contributed by atoms with Crippen molar-refractivity contribution in [2.75, 3.05) is 5.32 Å². The van der Waals surface area contributed by atoms with Crippen molar-refractivity contribution >= 4 is 29.2 Å². The Morgan fingerprint density at radius 2 is 1.72 bits per heavy atom. The van der Waals surface area contributed by atoms with Crippen LogP contribution < -0.4 is 5.32 Å². The van der Waals surface area contributed by atoms with E-state index < -0.39 is 0 Å². The lowest BCUT2D eigenvalue weighted by atomic mass is 9.93. The molecule has 1 aromatic heterocycles. The Kier molecular flexibility index (Phi) is 3.68. The van der Waals surface area contributed by atoms with Gasteiger partial charge in [0.1, 0.15) is 0 Å². The molecule has 18 heavy (non-hydrogen) atoms. The first-order valence-corrected chi connectivity index (χ1v) is 6.13. The van der Waals surface area contributed by atoms with Gasteiger partial charge in [-0.05, 0) is 35.4 Å². The van der Waals surface area contributed by atoms with E-state index in [2.05, 4.69) is 46.3 Å². The van der Waals surface area contributed by atoms with Crippen molar-refractivity contribution in [3.63, 3.8) is 0 Å². The molecule has 1 heterocycles. The van der Waals surface area contributed by atoms with E-state index in [9.17, 15) is 0 Å². The van der Waals surface area contributed by atoms with Gasteiger partial charge in [-0.25, -0.2) is 0 Å². The van der Waals surface area contributed by atoms with Crippen molar-refractivity contribution in [3.8, 4) is 0 Å². The lowest BCUT2D eigenvalue weighted by Crippen LogP contribution is -2.04. The molecule has 0 saturated heterocycles. The summed E-state index contributed by atoms with van der Waals surface area (Å²) in [4.78, 5) is 11.6. The molecular formula is C12H12Cl2N4. The number of hydrogen-bond donors (Lipinski definition) is 1. The number of aromatic nitrogens is 3. The Hall–Kier alpha value is -1.39. The highest BCUT2D eigenvalue weighted by molar-refractivity contribution is 6.31. The zero-order valence-electron chi connectivity index (χ0n) is 9.98. The number of halogens is 2. The third kappa shape index (κ3) is 3.55. The van der Waals surface area contributed by atoms with Gasteiger partial charge in [0, 0.05) is 11.1 Å². The van der Waals surface area contributed by atoms with Crippen molar-refractivity contribution < 1.29 is 0 Å². The zero-order chi connectivity index (χ0) is 13.2. The topological polar surface area (TPSA) is 50.7 Å². The summed E-state index contributed by atoms with van der Waals surface area (Å²) in [5, 5.41) is 3.16. The summed E-state index contributed by atoms with van der Waals surface area (Å²) in [6.07, 6.45) is 10.1. The third-order valence-corrected chi connectivity index (χ3v) is 2.67. The van der Waals surface area contributed by atoms with Crippen molar-refractivity contribution in [3.05, 3.63) is 46.6 Å². The number of hydrogen-bond acceptors (Lipinski definition) is 4. The quantitative estimate of drug-likeness (QED) is 0.900. The lowest BCUT2D eigenvalue weighted by Gasteiger charge is -2.12. The van der Waals surface area contributed by atoms with Gasteiger partial charge in [0.25, 0.3) is 0 Å². The molecule has 2 rings (SSSR count). The number of anilines is 1. The van der Waals surface area contributed by atoms with Gasteiger partial charge in [-0.2, -0.15) is 15.0 Å². The molecular weight excluding hydrogens is 271 g/mol. The van der Waals surface area contributed by atoms with Gasteiger partial charge < -0.3 is 5.32 Å². The molecule has 1 aliphatic carbocycles. The van der Waals surface area contributed by atoms with Crippen LogP contribution in [0, 0.1) is 5.41 Å². The Labute approximate surface area is 115 Å². The summed E-state index contributed by atoms with van der Waals surface area (Å²) < 4.78 is 0. The van der Waals surface area contributed by atoms with E-state index in [0.717, 1.165) is 5.70 Å². The first-order chi connectivity index (χ1) is 8.44. The Morgan fingerprint density at radius 3 is 2.39 bits per heavy atom. The molecule has 0 saturated carbocycles. The first kappa shape index (κ1) is 13.1. The average molecular weight is 283 g/mol. The maximum absolute atomic E-state index is 5.71. The standard InChI is InChI=1S/C12H12Cl2N4/c1-12(2)6-3-4-8(5-7-12)15-11-17-9(13)16-10(14)18-11/h3-7H,1-2H3,(H,15,16,17,18). The fourth-order valence-electron chi connectivity index (χ4n) is 1.41. The highest BCUT2D eigenvalue weighted by atomic mass is 35.5. The first-order valence-electron chi connectivity index (χ1n) is 5.37. The fraction of sp³-hybridized carbons (Fsp3) is 0.250. The maximum Gasteiger partial charge on any atom is 0.232 e. The zero-order valence-corrected chi connectivity index (χ0v) is 11.5. The van der Waals surface area contributed by atoms with Crippen LogP contribution in [0.2, 0.25) is 10.6 Å². The molecule has 0 spiro atoms. The molecule has 0 unspecified atom stereocenters. The second-order valence-corrected chi connectivity index (χ2v) is 5.13. The molecule has 0 fully saturated rings. The third-order valence-electron chi connectivity index (χ3n) is 2.33. The van der Waals surface area contributed by atoms with Gasteiger partial charge in [0.2, 0.25) is 16.5 Å². The van der Waals surface area contributed by atoms with Crippen molar-refractivity contribution in [2.24, 2.45) is 5.41 Å². The van der Waals surface area contributed by atoms with Gasteiger partial charge in [0.15, 0.2) is 0 Å². The smallest absolute Gasteiger partial charge is 0.232 e. The predicted octanol–water partition coefficient (Wildman–Crippen LogP) is 3.63. The summed E-state index contributed by atoms with van der Waals surface area (Å²) in [5.41, 5.74) is 0.879. The molecule has 0 radical (unpaired) electrons. The molecule has 0 amide bonds. The molecule has 4 nitrogen and oxygen atoms in total. The highest BCUT2D eigenvalue weighted by Crippen LogP contribution is 2.23. The predicted molar refractivity (Wildman–Crippen MR) is 73.6 cm³/mol. The summed E-state index contributed by atoms with van der Waals surface area (Å²) >= 11 is 11.4. The van der Waals surface area contributed by atoms with Gasteiger partial charge in [-0.15, -0.1) is 0 Å². The van der Waals surface area contributed by atoms with E-state index in [1.807, 2.05) is 18.2 Å². The molecule has 0 atom stereocenters.